The van der Waals surface area contributed by atoms with Crippen LogP contribution in [0, 0.1) is 0 Å². The molecule has 1 saturated heterocycles. The smallest absolute Gasteiger partial charge is 0.262 e. The van der Waals surface area contributed by atoms with Crippen molar-refractivity contribution in [2.24, 2.45) is 0 Å². The minimum absolute atomic E-state index is 0.192. The number of rotatable bonds is 7. The highest BCUT2D eigenvalue weighted by Crippen LogP contribution is 2.36. The minimum Gasteiger partial charge on any atom is -0.377 e. The average Bonchev–Trinajstić information content (AvgIpc) is 3.36. The molecule has 0 aliphatic carbocycles. The first-order valence-corrected chi connectivity index (χ1v) is 15.0. The van der Waals surface area contributed by atoms with Crippen LogP contribution >= 0.6 is 11.3 Å². The second-order valence-electron chi connectivity index (χ2n) is 9.87. The third kappa shape index (κ3) is 5.70. The van der Waals surface area contributed by atoms with Gasteiger partial charge >= 0.3 is 0 Å². The van der Waals surface area contributed by atoms with E-state index in [-0.39, 0.29) is 10.8 Å². The normalized spacial score (nSPS) is 14.4. The van der Waals surface area contributed by atoms with E-state index in [1.807, 2.05) is 66.8 Å². The molecule has 0 saturated carbocycles. The number of piperazine rings is 1. The highest BCUT2D eigenvalue weighted by molar-refractivity contribution is 7.93. The standard InChI is InChI=1S/C28H32N6O3S2/c1-19(35)29-28-30-24(18-38-28)20-11-12-26(34-15-13-33(4)14-16-34)23(17-20)31-39(36,37)27-10-6-7-21-22(27)8-5-9-25(21)32(2)3/h5-12,17-18,31H,13-16H2,1-4H3,(H,29,30,35). The van der Waals surface area contributed by atoms with E-state index in [0.717, 1.165) is 48.5 Å². The van der Waals surface area contributed by atoms with Crippen molar-refractivity contribution < 1.29 is 13.2 Å². The molecule has 11 heteroatoms. The van der Waals surface area contributed by atoms with Gasteiger partial charge in [0, 0.05) is 74.6 Å². The first-order chi connectivity index (χ1) is 18.6. The van der Waals surface area contributed by atoms with Gasteiger partial charge in [0.25, 0.3) is 10.0 Å². The predicted octanol–water partition coefficient (Wildman–Crippen LogP) is 4.54. The van der Waals surface area contributed by atoms with Gasteiger partial charge in [0.1, 0.15) is 0 Å². The van der Waals surface area contributed by atoms with Crippen molar-refractivity contribution in [1.82, 2.24) is 9.88 Å². The lowest BCUT2D eigenvalue weighted by atomic mass is 10.1. The van der Waals surface area contributed by atoms with Gasteiger partial charge in [-0.25, -0.2) is 13.4 Å². The maximum atomic E-state index is 13.9. The van der Waals surface area contributed by atoms with Crippen molar-refractivity contribution in [3.05, 3.63) is 60.0 Å². The van der Waals surface area contributed by atoms with E-state index >= 15 is 0 Å². The number of nitrogens with zero attached hydrogens (tertiary/aromatic N) is 4. The molecule has 9 nitrogen and oxygen atoms in total. The van der Waals surface area contributed by atoms with Crippen molar-refractivity contribution in [3.8, 4) is 11.3 Å². The summed E-state index contributed by atoms with van der Waals surface area (Å²) >= 11 is 1.32. The minimum atomic E-state index is -3.94. The molecule has 2 N–H and O–H groups in total. The first kappa shape index (κ1) is 26.9. The zero-order valence-corrected chi connectivity index (χ0v) is 24.1. The summed E-state index contributed by atoms with van der Waals surface area (Å²) in [7, 11) is 2.03. The zero-order valence-electron chi connectivity index (χ0n) is 22.4. The lowest BCUT2D eigenvalue weighted by molar-refractivity contribution is -0.114. The Kier molecular flexibility index (Phi) is 7.48. The molecule has 1 aliphatic rings. The number of anilines is 4. The molecule has 1 aliphatic heterocycles. The lowest BCUT2D eigenvalue weighted by Crippen LogP contribution is -2.44. The van der Waals surface area contributed by atoms with Crippen molar-refractivity contribution in [2.45, 2.75) is 11.8 Å². The quantitative estimate of drug-likeness (QED) is 0.340. The molecule has 1 amide bonds. The average molecular weight is 565 g/mol. The number of carbonyl (C=O) groups is 1. The number of thiazole rings is 1. The molecule has 0 atom stereocenters. The molecule has 0 radical (unpaired) electrons. The summed E-state index contributed by atoms with van der Waals surface area (Å²) in [6, 6.07) is 16.8. The number of sulfonamides is 1. The van der Waals surface area contributed by atoms with Gasteiger partial charge in [0.05, 0.1) is 22.0 Å². The number of nitrogens with one attached hydrogen (secondary N) is 2. The largest absolute Gasteiger partial charge is 0.377 e. The second kappa shape index (κ2) is 10.8. The highest BCUT2D eigenvalue weighted by atomic mass is 32.2. The Bertz CT molecular complexity index is 1630. The van der Waals surface area contributed by atoms with E-state index in [9.17, 15) is 13.2 Å². The van der Waals surface area contributed by atoms with Crippen LogP contribution in [-0.2, 0) is 14.8 Å². The molecule has 0 unspecified atom stereocenters. The van der Waals surface area contributed by atoms with Crippen LogP contribution in [-0.4, -0.2) is 71.5 Å². The summed E-state index contributed by atoms with van der Waals surface area (Å²) in [6.07, 6.45) is 0. The highest BCUT2D eigenvalue weighted by Gasteiger charge is 2.24. The molecular formula is C28H32N6O3S2. The van der Waals surface area contributed by atoms with Crippen LogP contribution in [0.1, 0.15) is 6.92 Å². The summed E-state index contributed by atoms with van der Waals surface area (Å²) in [6.45, 7) is 4.78. The summed E-state index contributed by atoms with van der Waals surface area (Å²) in [5.41, 5.74) is 3.68. The number of fused-ring (bicyclic) bond motifs is 1. The van der Waals surface area contributed by atoms with E-state index in [0.29, 0.717) is 21.9 Å². The van der Waals surface area contributed by atoms with E-state index in [2.05, 4.69) is 31.9 Å². The number of benzene rings is 3. The van der Waals surface area contributed by atoms with Crippen molar-refractivity contribution in [3.63, 3.8) is 0 Å². The van der Waals surface area contributed by atoms with Crippen molar-refractivity contribution in [2.75, 3.05) is 67.2 Å². The van der Waals surface area contributed by atoms with Gasteiger partial charge in [-0.05, 0) is 31.3 Å². The molecule has 4 aromatic rings. The van der Waals surface area contributed by atoms with Crippen molar-refractivity contribution in [1.29, 1.82) is 0 Å². The van der Waals surface area contributed by atoms with Crippen LogP contribution in [0.5, 0.6) is 0 Å². The fourth-order valence-corrected chi connectivity index (χ4v) is 6.86. The van der Waals surface area contributed by atoms with E-state index in [4.69, 9.17) is 0 Å². The van der Waals surface area contributed by atoms with Gasteiger partial charge in [-0.2, -0.15) is 0 Å². The van der Waals surface area contributed by atoms with Crippen LogP contribution in [0.15, 0.2) is 64.9 Å². The monoisotopic (exact) mass is 564 g/mol. The number of aromatic nitrogens is 1. The van der Waals surface area contributed by atoms with Crippen LogP contribution in [0.3, 0.4) is 0 Å². The summed E-state index contributed by atoms with van der Waals surface area (Å²) < 4.78 is 30.8. The lowest BCUT2D eigenvalue weighted by Gasteiger charge is -2.35. The number of amides is 1. The van der Waals surface area contributed by atoms with Gasteiger partial charge < -0.3 is 20.0 Å². The van der Waals surface area contributed by atoms with Gasteiger partial charge in [-0.15, -0.1) is 11.3 Å². The van der Waals surface area contributed by atoms with Gasteiger partial charge in [-0.3, -0.25) is 9.52 Å². The Balaban J connectivity index is 1.57. The Hall–Kier alpha value is -3.67. The molecule has 0 spiro atoms. The number of likely N-dealkylation sites (N-methyl/N-ethyl adjacent to an activating group) is 1. The summed E-state index contributed by atoms with van der Waals surface area (Å²) in [4.78, 5) is 22.6. The van der Waals surface area contributed by atoms with Gasteiger partial charge in [-0.1, -0.05) is 30.3 Å². The summed E-state index contributed by atoms with van der Waals surface area (Å²) in [5.74, 6) is -0.192. The molecule has 3 aromatic carbocycles. The van der Waals surface area contributed by atoms with E-state index in [1.54, 1.807) is 12.1 Å². The molecule has 1 aromatic heterocycles. The Labute approximate surface area is 233 Å². The number of hydrogen-bond acceptors (Lipinski definition) is 8. The van der Waals surface area contributed by atoms with Crippen LogP contribution in [0.2, 0.25) is 0 Å². The van der Waals surface area contributed by atoms with Gasteiger partial charge in [0.2, 0.25) is 5.91 Å². The fourth-order valence-electron chi connectivity index (χ4n) is 4.80. The molecular weight excluding hydrogens is 532 g/mol. The van der Waals surface area contributed by atoms with E-state index < -0.39 is 10.0 Å². The molecule has 39 heavy (non-hydrogen) atoms. The Morgan fingerprint density at radius 3 is 2.44 bits per heavy atom. The number of hydrogen-bond donors (Lipinski definition) is 2. The van der Waals surface area contributed by atoms with E-state index in [1.165, 1.54) is 18.3 Å². The first-order valence-electron chi connectivity index (χ1n) is 12.7. The molecule has 5 rings (SSSR count). The Morgan fingerprint density at radius 2 is 1.72 bits per heavy atom. The molecule has 1 fully saturated rings. The molecule has 0 bridgehead atoms. The SMILES string of the molecule is CC(=O)Nc1nc(-c2ccc(N3CCN(C)CC3)c(NS(=O)(=O)c3cccc4c(N(C)C)cccc34)c2)cs1. The topological polar surface area (TPSA) is 97.9 Å². The molecule has 204 valence electrons. The van der Waals surface area contributed by atoms with Crippen LogP contribution in [0.25, 0.3) is 22.0 Å². The third-order valence-electron chi connectivity index (χ3n) is 6.80. The fraction of sp³-hybridized carbons (Fsp3) is 0.286. The van der Waals surface area contributed by atoms with Crippen LogP contribution in [0.4, 0.5) is 22.2 Å². The van der Waals surface area contributed by atoms with Crippen molar-refractivity contribution >= 4 is 60.2 Å². The maximum absolute atomic E-state index is 13.9. The Morgan fingerprint density at radius 1 is 1.00 bits per heavy atom. The maximum Gasteiger partial charge on any atom is 0.262 e. The number of carbonyl (C=O) groups excluding carboxylic acids is 1. The molecule has 2 heterocycles. The zero-order chi connectivity index (χ0) is 27.7. The van der Waals surface area contributed by atoms with Crippen LogP contribution < -0.4 is 19.8 Å². The second-order valence-corrected chi connectivity index (χ2v) is 12.4. The van der Waals surface area contributed by atoms with Gasteiger partial charge in [0.15, 0.2) is 5.13 Å². The third-order valence-corrected chi connectivity index (χ3v) is 8.98. The summed E-state index contributed by atoms with van der Waals surface area (Å²) in [5, 5.41) is 6.58. The predicted molar refractivity (Wildman–Crippen MR) is 161 cm³/mol.